The number of halogens is 4. The molecule has 0 nitrogen and oxygen atoms in total. The molecule has 0 aliphatic carbocycles. The van der Waals surface area contributed by atoms with E-state index < -0.39 is 7.25 Å². The Morgan fingerprint density at radius 2 is 1.00 bits per heavy atom. The average Bonchev–Trinajstić information content (AvgIpc) is 1.12. The molecule has 0 bridgehead atoms. The van der Waals surface area contributed by atoms with Crippen LogP contribution in [0.4, 0.5) is 17.3 Å². The summed E-state index contributed by atoms with van der Waals surface area (Å²) >= 11 is 0. The molecule has 0 radical (unpaired) electrons. The predicted molar refractivity (Wildman–Crippen MR) is 39.6 cm³/mol. The van der Waals surface area contributed by atoms with Gasteiger partial charge < -0.3 is 17.3 Å². The molecule has 0 aromatic heterocycles. The van der Waals surface area contributed by atoms with E-state index in [0.29, 0.717) is 5.16 Å². The van der Waals surface area contributed by atoms with E-state index in [1.165, 1.54) is 0 Å². The van der Waals surface area contributed by atoms with Gasteiger partial charge in [0.05, 0.1) is 0 Å². The normalized spacial score (nSPS) is 12.0. The van der Waals surface area contributed by atoms with Crippen molar-refractivity contribution in [3.8, 4) is 0 Å². The van der Waals surface area contributed by atoms with Crippen molar-refractivity contribution in [3.63, 3.8) is 0 Å². The maximum Gasteiger partial charge on any atom is 0.673 e. The molecule has 64 valence electrons. The van der Waals surface area contributed by atoms with Gasteiger partial charge in [-0.05, 0) is 5.16 Å². The van der Waals surface area contributed by atoms with E-state index in [1.807, 2.05) is 0 Å². The number of rotatable bonds is 0. The summed E-state index contributed by atoms with van der Waals surface area (Å²) in [4.78, 5) is 0. The fourth-order valence-corrected chi connectivity index (χ4v) is 0. The van der Waals surface area contributed by atoms with Gasteiger partial charge in [-0.25, -0.2) is 0 Å². The lowest BCUT2D eigenvalue weighted by Crippen LogP contribution is -2.02. The van der Waals surface area contributed by atoms with Gasteiger partial charge in [0.2, 0.25) is 0 Å². The van der Waals surface area contributed by atoms with Gasteiger partial charge in [-0.3, -0.25) is 0 Å². The van der Waals surface area contributed by atoms with Crippen molar-refractivity contribution in [1.82, 2.24) is 0 Å². The van der Waals surface area contributed by atoms with Crippen LogP contribution in [0.3, 0.4) is 0 Å². The van der Waals surface area contributed by atoms with Crippen molar-refractivity contribution in [2.75, 3.05) is 0 Å². The zero-order valence-electron chi connectivity index (χ0n) is 6.17. The van der Waals surface area contributed by atoms with Gasteiger partial charge in [0, 0.05) is 0 Å². The minimum absolute atomic E-state index is 0.417. The van der Waals surface area contributed by atoms with Crippen molar-refractivity contribution in [3.05, 3.63) is 0 Å². The Hall–Kier alpha value is 0.215. The zero-order valence-corrected chi connectivity index (χ0v) is 7.32. The molecule has 6 heteroatoms. The molecule has 10 heavy (non-hydrogen) atoms. The zero-order chi connectivity index (χ0) is 9.00. The van der Waals surface area contributed by atoms with Gasteiger partial charge in [0.1, 0.15) is 0 Å². The Labute approximate surface area is 60.7 Å². The smallest absolute Gasteiger partial charge is 0.418 e. The third-order valence-electron chi connectivity index (χ3n) is 0. The highest BCUT2D eigenvalue weighted by molar-refractivity contribution is 7.18. The van der Waals surface area contributed by atoms with Crippen LogP contribution in [0.2, 0.25) is 0 Å². The molecule has 0 aliphatic rings. The monoisotopic (exact) mass is 177 g/mol. The molecular formula is C4H11BF4P-. The fraction of sp³-hybridized carbons (Fsp3) is 1.00. The molecule has 0 saturated heterocycles. The Morgan fingerprint density at radius 3 is 1.00 bits per heavy atom. The van der Waals surface area contributed by atoms with Crippen molar-refractivity contribution >= 4 is 16.5 Å². The van der Waals surface area contributed by atoms with Gasteiger partial charge >= 0.3 is 7.25 Å². The van der Waals surface area contributed by atoms with Crippen LogP contribution in [0.5, 0.6) is 0 Å². The summed E-state index contributed by atoms with van der Waals surface area (Å²) < 4.78 is 39.0. The van der Waals surface area contributed by atoms with Gasteiger partial charge in [-0.2, -0.15) is 0 Å². The summed E-state index contributed by atoms with van der Waals surface area (Å²) in [5.41, 5.74) is 0. The van der Waals surface area contributed by atoms with E-state index >= 15 is 0 Å². The summed E-state index contributed by atoms with van der Waals surface area (Å²) in [6.07, 6.45) is 0. The molecule has 0 aliphatic heterocycles. The highest BCUT2D eigenvalue weighted by Gasteiger charge is 2.20. The van der Waals surface area contributed by atoms with Crippen LogP contribution in [-0.4, -0.2) is 12.4 Å². The second kappa shape index (κ2) is 4.17. The topological polar surface area (TPSA) is 0 Å². The number of hydrogen-bond donors (Lipinski definition) is 0. The van der Waals surface area contributed by atoms with Crippen LogP contribution < -0.4 is 0 Å². The van der Waals surface area contributed by atoms with Crippen molar-refractivity contribution in [2.45, 2.75) is 25.9 Å². The minimum Gasteiger partial charge on any atom is -0.418 e. The molecule has 0 aromatic carbocycles. The summed E-state index contributed by atoms with van der Waals surface area (Å²) in [7, 11) is -3.28. The molecule has 0 fully saturated rings. The average molecular weight is 177 g/mol. The first kappa shape index (κ1) is 12.9. The SMILES string of the molecule is CC(C)(C)P.F[B-](F)(F)F. The van der Waals surface area contributed by atoms with Crippen LogP contribution in [0.15, 0.2) is 0 Å². The predicted octanol–water partition coefficient (Wildman–Crippen LogP) is 2.96. The lowest BCUT2D eigenvalue weighted by atomic mass is 10.3. The van der Waals surface area contributed by atoms with Crippen molar-refractivity contribution in [2.24, 2.45) is 0 Å². The summed E-state index contributed by atoms with van der Waals surface area (Å²) in [6.45, 7) is 6.45. The second-order valence-corrected chi connectivity index (χ2v) is 4.59. The Balaban J connectivity index is 0. The van der Waals surface area contributed by atoms with Gasteiger partial charge in [0.15, 0.2) is 0 Å². The highest BCUT2D eigenvalue weighted by atomic mass is 31.0. The van der Waals surface area contributed by atoms with E-state index in [9.17, 15) is 17.3 Å². The van der Waals surface area contributed by atoms with Crippen molar-refractivity contribution in [1.29, 1.82) is 0 Å². The first-order chi connectivity index (χ1) is 4.00. The third-order valence-corrected chi connectivity index (χ3v) is 0. The van der Waals surface area contributed by atoms with Gasteiger partial charge in [-0.15, -0.1) is 9.24 Å². The van der Waals surface area contributed by atoms with E-state index in [-0.39, 0.29) is 0 Å². The van der Waals surface area contributed by atoms with Crippen LogP contribution >= 0.6 is 9.24 Å². The standard InChI is InChI=1S/C4H11P.BF4/c1-4(2,3)5;2-1(3,4)5/h5H2,1-3H3;/q;-1. The molecule has 0 rings (SSSR count). The second-order valence-electron chi connectivity index (χ2n) is 2.86. The van der Waals surface area contributed by atoms with E-state index in [4.69, 9.17) is 0 Å². The molecular weight excluding hydrogens is 166 g/mol. The molecule has 1 unspecified atom stereocenters. The molecule has 0 N–H and O–H groups in total. The van der Waals surface area contributed by atoms with E-state index in [2.05, 4.69) is 30.0 Å². The molecule has 0 amide bonds. The first-order valence-electron chi connectivity index (χ1n) is 2.66. The molecule has 0 aromatic rings. The van der Waals surface area contributed by atoms with Gasteiger partial charge in [-0.1, -0.05) is 20.8 Å². The number of hydrogen-bond acceptors (Lipinski definition) is 0. The molecule has 1 atom stereocenters. The van der Waals surface area contributed by atoms with E-state index in [1.54, 1.807) is 0 Å². The Bertz CT molecular complexity index is 60.2. The first-order valence-corrected chi connectivity index (χ1v) is 3.24. The highest BCUT2D eigenvalue weighted by Crippen LogP contribution is 2.12. The third kappa shape index (κ3) is 9260. The van der Waals surface area contributed by atoms with Gasteiger partial charge in [0.25, 0.3) is 0 Å². The summed E-state index contributed by atoms with van der Waals surface area (Å²) in [5, 5.41) is 0.417. The van der Waals surface area contributed by atoms with Crippen molar-refractivity contribution < 1.29 is 17.3 Å². The maximum absolute atomic E-state index is 9.75. The Morgan fingerprint density at radius 1 is 1.00 bits per heavy atom. The Kier molecular flexibility index (Phi) is 5.36. The van der Waals surface area contributed by atoms with Crippen LogP contribution in [0.1, 0.15) is 20.8 Å². The molecule has 0 heterocycles. The summed E-state index contributed by atoms with van der Waals surface area (Å²) in [6, 6.07) is 0. The lowest BCUT2D eigenvalue weighted by Gasteiger charge is -2.05. The van der Waals surface area contributed by atoms with Crippen LogP contribution in [0, 0.1) is 0 Å². The maximum atomic E-state index is 9.75. The van der Waals surface area contributed by atoms with E-state index in [0.717, 1.165) is 0 Å². The summed E-state index contributed by atoms with van der Waals surface area (Å²) in [5.74, 6) is 0. The molecule has 0 saturated carbocycles. The van der Waals surface area contributed by atoms with Crippen LogP contribution in [0.25, 0.3) is 0 Å². The lowest BCUT2D eigenvalue weighted by molar-refractivity contribution is 0.368. The quantitative estimate of drug-likeness (QED) is 0.303. The molecule has 0 spiro atoms. The largest absolute Gasteiger partial charge is 0.673 e. The fourth-order valence-electron chi connectivity index (χ4n) is 0. The minimum atomic E-state index is -6.00. The van der Waals surface area contributed by atoms with Crippen LogP contribution in [-0.2, 0) is 0 Å².